The molecule has 0 saturated carbocycles. The Morgan fingerprint density at radius 1 is 1.06 bits per heavy atom. The average Bonchev–Trinajstić information content (AvgIpc) is 2.38. The maximum absolute atomic E-state index is 5.96. The number of hydrogen-bond donors (Lipinski definition) is 1. The van der Waals surface area contributed by atoms with Crippen LogP contribution < -0.4 is 5.32 Å². The molecule has 2 unspecified atom stereocenters. The van der Waals surface area contributed by atoms with Crippen molar-refractivity contribution in [2.75, 3.05) is 13.1 Å². The van der Waals surface area contributed by atoms with Gasteiger partial charge in [0, 0.05) is 13.1 Å². The van der Waals surface area contributed by atoms with E-state index in [1.165, 1.54) is 16.3 Å². The van der Waals surface area contributed by atoms with Gasteiger partial charge in [0.05, 0.1) is 12.2 Å². The molecule has 0 aliphatic carbocycles. The summed E-state index contributed by atoms with van der Waals surface area (Å²) in [4.78, 5) is 0. The van der Waals surface area contributed by atoms with Crippen LogP contribution in [0.25, 0.3) is 10.8 Å². The molecule has 1 heterocycles. The predicted octanol–water partition coefficient (Wildman–Crippen LogP) is 2.89. The number of ether oxygens (including phenoxy) is 1. The SMILES string of the molecule is CC1CNCC(c2ccc3ccccc3c2)O1. The first kappa shape index (κ1) is 10.8. The fraction of sp³-hybridized carbons (Fsp3) is 0.333. The van der Waals surface area contributed by atoms with Gasteiger partial charge in [-0.1, -0.05) is 36.4 Å². The molecule has 2 aromatic carbocycles. The summed E-state index contributed by atoms with van der Waals surface area (Å²) < 4.78 is 5.96. The van der Waals surface area contributed by atoms with Crippen molar-refractivity contribution in [3.8, 4) is 0 Å². The molecule has 0 spiro atoms. The monoisotopic (exact) mass is 227 g/mol. The van der Waals surface area contributed by atoms with Crippen molar-refractivity contribution >= 4 is 10.8 Å². The van der Waals surface area contributed by atoms with E-state index in [4.69, 9.17) is 4.74 Å². The Morgan fingerprint density at radius 2 is 1.88 bits per heavy atom. The van der Waals surface area contributed by atoms with Crippen LogP contribution >= 0.6 is 0 Å². The van der Waals surface area contributed by atoms with E-state index in [1.54, 1.807) is 0 Å². The van der Waals surface area contributed by atoms with Crippen LogP contribution in [0, 0.1) is 0 Å². The molecule has 2 aromatic rings. The summed E-state index contributed by atoms with van der Waals surface area (Å²) in [5.41, 5.74) is 1.27. The number of rotatable bonds is 1. The second-order valence-corrected chi connectivity index (χ2v) is 4.70. The Bertz CT molecular complexity index is 523. The topological polar surface area (TPSA) is 21.3 Å². The molecule has 1 N–H and O–H groups in total. The van der Waals surface area contributed by atoms with E-state index in [9.17, 15) is 0 Å². The molecule has 2 nitrogen and oxygen atoms in total. The normalized spacial score (nSPS) is 25.0. The van der Waals surface area contributed by atoms with Gasteiger partial charge in [-0.2, -0.15) is 0 Å². The summed E-state index contributed by atoms with van der Waals surface area (Å²) in [6, 6.07) is 15.0. The molecule has 1 fully saturated rings. The van der Waals surface area contributed by atoms with Gasteiger partial charge in [-0.05, 0) is 29.3 Å². The van der Waals surface area contributed by atoms with E-state index in [2.05, 4.69) is 54.7 Å². The Labute approximate surface area is 102 Å². The largest absolute Gasteiger partial charge is 0.368 e. The lowest BCUT2D eigenvalue weighted by molar-refractivity contribution is -0.0286. The Balaban J connectivity index is 1.94. The maximum Gasteiger partial charge on any atom is 0.0953 e. The summed E-state index contributed by atoms with van der Waals surface area (Å²) in [6.45, 7) is 3.97. The van der Waals surface area contributed by atoms with Crippen molar-refractivity contribution in [1.29, 1.82) is 0 Å². The van der Waals surface area contributed by atoms with Gasteiger partial charge in [0.1, 0.15) is 0 Å². The number of fused-ring (bicyclic) bond motifs is 1. The van der Waals surface area contributed by atoms with E-state index in [1.807, 2.05) is 0 Å². The van der Waals surface area contributed by atoms with Crippen LogP contribution in [0.4, 0.5) is 0 Å². The van der Waals surface area contributed by atoms with Gasteiger partial charge >= 0.3 is 0 Å². The van der Waals surface area contributed by atoms with E-state index >= 15 is 0 Å². The molecule has 3 rings (SSSR count). The molecule has 1 saturated heterocycles. The lowest BCUT2D eigenvalue weighted by Gasteiger charge is -2.29. The second-order valence-electron chi connectivity index (χ2n) is 4.70. The van der Waals surface area contributed by atoms with Crippen LogP contribution in [-0.4, -0.2) is 19.2 Å². The smallest absolute Gasteiger partial charge is 0.0953 e. The molecule has 1 aliphatic rings. The molecule has 0 aromatic heterocycles. The Kier molecular flexibility index (Phi) is 2.83. The lowest BCUT2D eigenvalue weighted by atomic mass is 10.0. The zero-order valence-corrected chi connectivity index (χ0v) is 10.0. The third-order valence-electron chi connectivity index (χ3n) is 3.30. The molecule has 1 aliphatic heterocycles. The first-order valence-corrected chi connectivity index (χ1v) is 6.18. The zero-order chi connectivity index (χ0) is 11.7. The molecule has 17 heavy (non-hydrogen) atoms. The van der Waals surface area contributed by atoms with Crippen molar-refractivity contribution < 1.29 is 4.74 Å². The van der Waals surface area contributed by atoms with E-state index in [0.717, 1.165) is 13.1 Å². The Morgan fingerprint density at radius 3 is 2.71 bits per heavy atom. The predicted molar refractivity (Wildman–Crippen MR) is 70.1 cm³/mol. The molecular formula is C15H17NO. The summed E-state index contributed by atoms with van der Waals surface area (Å²) in [6.07, 6.45) is 0.476. The van der Waals surface area contributed by atoms with E-state index in [0.29, 0.717) is 6.10 Å². The summed E-state index contributed by atoms with van der Waals surface area (Å²) in [5.74, 6) is 0. The van der Waals surface area contributed by atoms with Crippen molar-refractivity contribution in [3.63, 3.8) is 0 Å². The molecule has 0 amide bonds. The third kappa shape index (κ3) is 2.19. The highest BCUT2D eigenvalue weighted by Crippen LogP contribution is 2.24. The fourth-order valence-corrected chi connectivity index (χ4v) is 2.40. The van der Waals surface area contributed by atoms with Crippen molar-refractivity contribution in [2.45, 2.75) is 19.1 Å². The van der Waals surface area contributed by atoms with Gasteiger partial charge in [-0.25, -0.2) is 0 Å². The number of nitrogens with one attached hydrogen (secondary N) is 1. The maximum atomic E-state index is 5.96. The standard InChI is InChI=1S/C15H17NO/c1-11-9-16-10-15(17-11)14-7-6-12-4-2-3-5-13(12)8-14/h2-8,11,15-16H,9-10H2,1H3. The van der Waals surface area contributed by atoms with E-state index in [-0.39, 0.29) is 6.10 Å². The van der Waals surface area contributed by atoms with Crippen LogP contribution in [0.2, 0.25) is 0 Å². The van der Waals surface area contributed by atoms with Crippen molar-refractivity contribution in [2.24, 2.45) is 0 Å². The highest BCUT2D eigenvalue weighted by atomic mass is 16.5. The average molecular weight is 227 g/mol. The lowest BCUT2D eigenvalue weighted by Crippen LogP contribution is -2.38. The van der Waals surface area contributed by atoms with Crippen LogP contribution in [0.15, 0.2) is 42.5 Å². The fourth-order valence-electron chi connectivity index (χ4n) is 2.40. The Hall–Kier alpha value is -1.38. The zero-order valence-electron chi connectivity index (χ0n) is 10.0. The van der Waals surface area contributed by atoms with Gasteiger partial charge in [0.25, 0.3) is 0 Å². The molecular weight excluding hydrogens is 210 g/mol. The molecule has 2 atom stereocenters. The van der Waals surface area contributed by atoms with Gasteiger partial charge in [-0.15, -0.1) is 0 Å². The first-order chi connectivity index (χ1) is 8.33. The van der Waals surface area contributed by atoms with Gasteiger partial charge in [0.2, 0.25) is 0 Å². The van der Waals surface area contributed by atoms with Crippen LogP contribution in [-0.2, 0) is 4.74 Å². The molecule has 0 radical (unpaired) electrons. The summed E-state index contributed by atoms with van der Waals surface area (Å²) >= 11 is 0. The van der Waals surface area contributed by atoms with E-state index < -0.39 is 0 Å². The van der Waals surface area contributed by atoms with Crippen molar-refractivity contribution in [1.82, 2.24) is 5.32 Å². The highest BCUT2D eigenvalue weighted by Gasteiger charge is 2.20. The number of morpholine rings is 1. The number of hydrogen-bond acceptors (Lipinski definition) is 2. The first-order valence-electron chi connectivity index (χ1n) is 6.18. The van der Waals surface area contributed by atoms with Gasteiger partial charge in [0.15, 0.2) is 0 Å². The molecule has 0 bridgehead atoms. The minimum atomic E-state index is 0.184. The third-order valence-corrected chi connectivity index (χ3v) is 3.30. The van der Waals surface area contributed by atoms with Gasteiger partial charge in [-0.3, -0.25) is 0 Å². The molecule has 2 heteroatoms. The van der Waals surface area contributed by atoms with Crippen LogP contribution in [0.3, 0.4) is 0 Å². The number of benzene rings is 2. The summed E-state index contributed by atoms with van der Waals surface area (Å²) in [7, 11) is 0. The minimum Gasteiger partial charge on any atom is -0.368 e. The molecule has 88 valence electrons. The highest BCUT2D eigenvalue weighted by molar-refractivity contribution is 5.83. The summed E-state index contributed by atoms with van der Waals surface area (Å²) in [5, 5.41) is 5.98. The van der Waals surface area contributed by atoms with Crippen LogP contribution in [0.5, 0.6) is 0 Å². The van der Waals surface area contributed by atoms with Crippen LogP contribution in [0.1, 0.15) is 18.6 Å². The van der Waals surface area contributed by atoms with Gasteiger partial charge < -0.3 is 10.1 Å². The quantitative estimate of drug-likeness (QED) is 0.808. The second kappa shape index (κ2) is 4.47. The minimum absolute atomic E-state index is 0.184. The van der Waals surface area contributed by atoms with Crippen molar-refractivity contribution in [3.05, 3.63) is 48.0 Å².